The predicted octanol–water partition coefficient (Wildman–Crippen LogP) is 3.83. The molecule has 0 spiro atoms. The molecule has 0 aliphatic carbocycles. The van der Waals surface area contributed by atoms with E-state index in [4.69, 9.17) is 9.47 Å². The Morgan fingerprint density at radius 1 is 1.15 bits per heavy atom. The number of carbonyl (C=O) groups excluding carboxylic acids is 2. The van der Waals surface area contributed by atoms with Crippen molar-refractivity contribution in [3.05, 3.63) is 59.7 Å². The van der Waals surface area contributed by atoms with Crippen molar-refractivity contribution >= 4 is 17.9 Å². The largest absolute Gasteiger partial charge is 0.496 e. The van der Waals surface area contributed by atoms with E-state index >= 15 is 0 Å². The van der Waals surface area contributed by atoms with Gasteiger partial charge in [0, 0.05) is 42.7 Å². The fourth-order valence-electron chi connectivity index (χ4n) is 3.44. The van der Waals surface area contributed by atoms with E-state index in [-0.39, 0.29) is 24.9 Å². The Labute approximate surface area is 159 Å². The van der Waals surface area contributed by atoms with Gasteiger partial charge in [0.15, 0.2) is 0 Å². The summed E-state index contributed by atoms with van der Waals surface area (Å²) in [5.74, 6) is 0.0962. The van der Waals surface area contributed by atoms with E-state index in [0.29, 0.717) is 5.56 Å². The van der Waals surface area contributed by atoms with Gasteiger partial charge in [-0.05, 0) is 31.0 Å². The minimum absolute atomic E-state index is 0.131. The molecule has 0 amide bonds. The van der Waals surface area contributed by atoms with Crippen LogP contribution in [0.5, 0.6) is 5.75 Å². The van der Waals surface area contributed by atoms with Crippen molar-refractivity contribution in [2.75, 3.05) is 31.7 Å². The van der Waals surface area contributed by atoms with Crippen LogP contribution in [0.4, 0.5) is 5.69 Å². The Bertz CT molecular complexity index is 769. The Morgan fingerprint density at radius 3 is 2.56 bits per heavy atom. The number of ether oxygens (including phenoxy) is 2. The second kappa shape index (κ2) is 9.21. The average molecular weight is 367 g/mol. The monoisotopic (exact) mass is 367 g/mol. The van der Waals surface area contributed by atoms with Crippen LogP contribution in [-0.2, 0) is 9.53 Å². The summed E-state index contributed by atoms with van der Waals surface area (Å²) in [6.07, 6.45) is 3.52. The number of aldehydes is 1. The molecule has 27 heavy (non-hydrogen) atoms. The first-order chi connectivity index (χ1) is 13.2. The molecule has 1 fully saturated rings. The van der Waals surface area contributed by atoms with Gasteiger partial charge >= 0.3 is 5.97 Å². The summed E-state index contributed by atoms with van der Waals surface area (Å²) in [5, 5.41) is 0. The van der Waals surface area contributed by atoms with E-state index in [9.17, 15) is 9.59 Å². The molecule has 2 aromatic carbocycles. The second-order valence-corrected chi connectivity index (χ2v) is 6.68. The minimum Gasteiger partial charge on any atom is -0.496 e. The number of esters is 1. The number of carbonyl (C=O) groups is 2. The molecule has 2 aromatic rings. The van der Waals surface area contributed by atoms with E-state index in [1.807, 2.05) is 18.2 Å². The van der Waals surface area contributed by atoms with E-state index in [1.165, 1.54) is 12.8 Å². The molecule has 5 nitrogen and oxygen atoms in total. The zero-order valence-electron chi connectivity index (χ0n) is 15.6. The molecule has 3 rings (SSSR count). The number of rotatable bonds is 8. The van der Waals surface area contributed by atoms with Crippen LogP contribution in [0.25, 0.3) is 0 Å². The van der Waals surface area contributed by atoms with Crippen molar-refractivity contribution in [2.45, 2.75) is 25.2 Å². The highest BCUT2D eigenvalue weighted by molar-refractivity contribution is 5.89. The average Bonchev–Trinajstić information content (AvgIpc) is 3.26. The lowest BCUT2D eigenvalue weighted by Crippen LogP contribution is -2.18. The topological polar surface area (TPSA) is 55.8 Å². The first kappa shape index (κ1) is 19.0. The summed E-state index contributed by atoms with van der Waals surface area (Å²) in [7, 11) is 1.63. The number of nitrogens with zero attached hydrogens (tertiary/aromatic N) is 1. The number of hydrogen-bond acceptors (Lipinski definition) is 5. The second-order valence-electron chi connectivity index (χ2n) is 6.68. The molecule has 1 saturated heterocycles. The van der Waals surface area contributed by atoms with E-state index in [0.717, 1.165) is 36.4 Å². The summed E-state index contributed by atoms with van der Waals surface area (Å²) < 4.78 is 11.0. The van der Waals surface area contributed by atoms with Gasteiger partial charge in [-0.1, -0.05) is 24.3 Å². The van der Waals surface area contributed by atoms with Crippen LogP contribution in [0.3, 0.4) is 0 Å². The van der Waals surface area contributed by atoms with Gasteiger partial charge in [-0.15, -0.1) is 0 Å². The molecule has 1 atom stereocenters. The normalized spacial score (nSPS) is 14.6. The minimum atomic E-state index is -0.390. The lowest BCUT2D eigenvalue weighted by molar-refractivity contribution is -0.108. The van der Waals surface area contributed by atoms with Gasteiger partial charge in [-0.25, -0.2) is 4.79 Å². The summed E-state index contributed by atoms with van der Waals surface area (Å²) in [6.45, 7) is 2.23. The fraction of sp³-hybridized carbons (Fsp3) is 0.364. The third kappa shape index (κ3) is 4.67. The van der Waals surface area contributed by atoms with Gasteiger partial charge in [0.1, 0.15) is 12.0 Å². The highest BCUT2D eigenvalue weighted by Gasteiger charge is 2.21. The summed E-state index contributed by atoms with van der Waals surface area (Å²) >= 11 is 0. The van der Waals surface area contributed by atoms with E-state index in [2.05, 4.69) is 11.0 Å². The van der Waals surface area contributed by atoms with Crippen molar-refractivity contribution in [2.24, 2.45) is 0 Å². The molecule has 5 heteroatoms. The lowest BCUT2D eigenvalue weighted by atomic mass is 9.95. The van der Waals surface area contributed by atoms with Gasteiger partial charge in [0.05, 0.1) is 19.3 Å². The smallest absolute Gasteiger partial charge is 0.338 e. The van der Waals surface area contributed by atoms with Crippen LogP contribution in [-0.4, -0.2) is 39.1 Å². The molecule has 1 aliphatic rings. The number of anilines is 1. The zero-order valence-corrected chi connectivity index (χ0v) is 15.6. The highest BCUT2D eigenvalue weighted by atomic mass is 16.5. The lowest BCUT2D eigenvalue weighted by Gasteiger charge is -2.22. The number of benzene rings is 2. The van der Waals surface area contributed by atoms with Crippen LogP contribution in [0, 0.1) is 0 Å². The number of hydrogen-bond donors (Lipinski definition) is 0. The molecule has 1 heterocycles. The maximum Gasteiger partial charge on any atom is 0.338 e. The van der Waals surface area contributed by atoms with Gasteiger partial charge < -0.3 is 19.2 Å². The molecule has 1 aliphatic heterocycles. The SMILES string of the molecule is COc1cc(N2CCCC2)ccc1[C@@H](CC=O)COC(=O)c1ccccc1. The van der Waals surface area contributed by atoms with Crippen molar-refractivity contribution < 1.29 is 19.1 Å². The Hall–Kier alpha value is -2.82. The summed E-state index contributed by atoms with van der Waals surface area (Å²) in [6, 6.07) is 14.9. The van der Waals surface area contributed by atoms with Gasteiger partial charge in [-0.3, -0.25) is 0 Å². The third-order valence-electron chi connectivity index (χ3n) is 4.93. The van der Waals surface area contributed by atoms with Crippen LogP contribution in [0.1, 0.15) is 41.1 Å². The first-order valence-corrected chi connectivity index (χ1v) is 9.31. The molecule has 0 radical (unpaired) electrons. The van der Waals surface area contributed by atoms with Crippen LogP contribution < -0.4 is 9.64 Å². The van der Waals surface area contributed by atoms with Crippen LogP contribution >= 0.6 is 0 Å². The molecular weight excluding hydrogens is 342 g/mol. The quantitative estimate of drug-likeness (QED) is 0.524. The van der Waals surface area contributed by atoms with Crippen molar-refractivity contribution in [1.29, 1.82) is 0 Å². The molecule has 0 unspecified atom stereocenters. The third-order valence-corrected chi connectivity index (χ3v) is 4.93. The van der Waals surface area contributed by atoms with Gasteiger partial charge in [0.2, 0.25) is 0 Å². The number of methoxy groups -OCH3 is 1. The molecule has 0 saturated carbocycles. The molecular formula is C22H25NO4. The Kier molecular flexibility index (Phi) is 6.47. The first-order valence-electron chi connectivity index (χ1n) is 9.31. The zero-order chi connectivity index (χ0) is 19.1. The summed E-state index contributed by atoms with van der Waals surface area (Å²) in [5.41, 5.74) is 2.51. The van der Waals surface area contributed by atoms with Crippen LogP contribution in [0.2, 0.25) is 0 Å². The maximum atomic E-state index is 12.2. The standard InChI is InChI=1S/C22H25NO4/c1-26-21-15-19(23-12-5-6-13-23)9-10-20(21)18(11-14-24)16-27-22(25)17-7-3-2-4-8-17/h2-4,7-10,14-15,18H,5-6,11-13,16H2,1H3/t18-/m0/s1. The molecule has 142 valence electrons. The maximum absolute atomic E-state index is 12.2. The molecule has 0 bridgehead atoms. The summed E-state index contributed by atoms with van der Waals surface area (Å²) in [4.78, 5) is 25.7. The molecule has 0 aromatic heterocycles. The van der Waals surface area contributed by atoms with Crippen molar-refractivity contribution in [3.63, 3.8) is 0 Å². The van der Waals surface area contributed by atoms with E-state index in [1.54, 1.807) is 31.4 Å². The molecule has 0 N–H and O–H groups in total. The predicted molar refractivity (Wildman–Crippen MR) is 105 cm³/mol. The Morgan fingerprint density at radius 2 is 1.89 bits per heavy atom. The fourth-order valence-corrected chi connectivity index (χ4v) is 3.44. The van der Waals surface area contributed by atoms with Crippen LogP contribution in [0.15, 0.2) is 48.5 Å². The highest BCUT2D eigenvalue weighted by Crippen LogP contribution is 2.34. The van der Waals surface area contributed by atoms with E-state index < -0.39 is 0 Å². The van der Waals surface area contributed by atoms with Gasteiger partial charge in [0.25, 0.3) is 0 Å². The van der Waals surface area contributed by atoms with Crippen molar-refractivity contribution in [3.8, 4) is 5.75 Å². The van der Waals surface area contributed by atoms with Gasteiger partial charge in [-0.2, -0.15) is 0 Å². The van der Waals surface area contributed by atoms with Crippen molar-refractivity contribution in [1.82, 2.24) is 0 Å². The Balaban J connectivity index is 1.75.